The Kier molecular flexibility index (Phi) is 4.49. The topological polar surface area (TPSA) is 81.9 Å². The van der Waals surface area contributed by atoms with Crippen LogP contribution < -0.4 is 5.73 Å². The molecule has 0 saturated carbocycles. The molecule has 0 saturated heterocycles. The molecule has 0 radical (unpaired) electrons. The van der Waals surface area contributed by atoms with E-state index in [0.29, 0.717) is 17.8 Å². The van der Waals surface area contributed by atoms with E-state index in [1.807, 2.05) is 11.6 Å². The molecular weight excluding hydrogens is 322 g/mol. The molecule has 0 fully saturated rings. The van der Waals surface area contributed by atoms with Crippen LogP contribution in [0.1, 0.15) is 36.9 Å². The highest BCUT2D eigenvalue weighted by Gasteiger charge is 2.21. The molecule has 0 amide bonds. The Morgan fingerprint density at radius 3 is 2.65 bits per heavy atom. The van der Waals surface area contributed by atoms with Gasteiger partial charge >= 0.3 is 0 Å². The van der Waals surface area contributed by atoms with Crippen LogP contribution in [0.5, 0.6) is 0 Å². The zero-order valence-electron chi connectivity index (χ0n) is 12.0. The van der Waals surface area contributed by atoms with Crippen molar-refractivity contribution in [2.75, 3.05) is 5.73 Å². The number of halogens is 1. The number of anilines is 1. The van der Waals surface area contributed by atoms with E-state index in [4.69, 9.17) is 5.73 Å². The maximum atomic E-state index is 10.4. The van der Waals surface area contributed by atoms with E-state index in [-0.39, 0.29) is 0 Å². The number of aliphatic hydroxyl groups is 1. The smallest absolute Gasteiger partial charge is 0.127 e. The largest absolute Gasteiger partial charge is 0.388 e. The van der Waals surface area contributed by atoms with Gasteiger partial charge in [0, 0.05) is 25.6 Å². The highest BCUT2D eigenvalue weighted by molar-refractivity contribution is 9.10. The molecule has 2 rings (SSSR count). The Morgan fingerprint density at radius 1 is 1.45 bits per heavy atom. The van der Waals surface area contributed by atoms with E-state index < -0.39 is 6.10 Å². The molecule has 0 aliphatic heterocycles. The van der Waals surface area contributed by atoms with Gasteiger partial charge in [-0.1, -0.05) is 6.92 Å². The molecule has 1 atom stereocenters. The van der Waals surface area contributed by atoms with Crippen LogP contribution in [-0.2, 0) is 26.4 Å². The van der Waals surface area contributed by atoms with Crippen LogP contribution in [0.25, 0.3) is 0 Å². The predicted octanol–water partition coefficient (Wildman–Crippen LogP) is 1.82. The van der Waals surface area contributed by atoms with Gasteiger partial charge < -0.3 is 10.8 Å². The van der Waals surface area contributed by atoms with Crippen molar-refractivity contribution in [3.05, 3.63) is 27.6 Å². The molecule has 110 valence electrons. The van der Waals surface area contributed by atoms with Gasteiger partial charge in [0.25, 0.3) is 0 Å². The van der Waals surface area contributed by atoms with Gasteiger partial charge in [-0.15, -0.1) is 0 Å². The van der Waals surface area contributed by atoms with E-state index in [0.717, 1.165) is 28.8 Å². The molecular formula is C13H20BrN5O. The molecule has 2 aromatic heterocycles. The van der Waals surface area contributed by atoms with Crippen LogP contribution in [-0.4, -0.2) is 24.7 Å². The minimum atomic E-state index is -0.688. The Morgan fingerprint density at radius 2 is 2.15 bits per heavy atom. The third-order valence-electron chi connectivity index (χ3n) is 3.45. The summed E-state index contributed by atoms with van der Waals surface area (Å²) < 4.78 is 4.45. The number of nitrogens with zero attached hydrogens (tertiary/aromatic N) is 4. The van der Waals surface area contributed by atoms with Crippen molar-refractivity contribution in [3.63, 3.8) is 0 Å². The first-order valence-corrected chi connectivity index (χ1v) is 7.48. The molecule has 0 aliphatic rings. The normalized spacial score (nSPS) is 12.8. The number of nitrogen functional groups attached to an aromatic ring is 1. The van der Waals surface area contributed by atoms with Gasteiger partial charge in [-0.2, -0.15) is 10.2 Å². The molecule has 1 unspecified atom stereocenters. The van der Waals surface area contributed by atoms with Crippen LogP contribution in [0.15, 0.2) is 10.7 Å². The average molecular weight is 342 g/mol. The summed E-state index contributed by atoms with van der Waals surface area (Å²) in [4.78, 5) is 0. The Balaban J connectivity index is 2.30. The summed E-state index contributed by atoms with van der Waals surface area (Å²) in [5.41, 5.74) is 8.55. The van der Waals surface area contributed by atoms with E-state index in [9.17, 15) is 5.11 Å². The monoisotopic (exact) mass is 341 g/mol. The van der Waals surface area contributed by atoms with Crippen molar-refractivity contribution in [3.8, 4) is 0 Å². The average Bonchev–Trinajstić information content (AvgIpc) is 2.92. The Hall–Kier alpha value is -1.34. The minimum Gasteiger partial charge on any atom is -0.388 e. The molecule has 20 heavy (non-hydrogen) atoms. The van der Waals surface area contributed by atoms with Gasteiger partial charge in [0.2, 0.25) is 0 Å². The highest BCUT2D eigenvalue weighted by atomic mass is 79.9. The van der Waals surface area contributed by atoms with Crippen LogP contribution in [0, 0.1) is 0 Å². The lowest BCUT2D eigenvalue weighted by molar-refractivity contribution is 0.176. The maximum absolute atomic E-state index is 10.4. The molecule has 3 N–H and O–H groups in total. The maximum Gasteiger partial charge on any atom is 0.127 e. The van der Waals surface area contributed by atoms with Gasteiger partial charge in [-0.3, -0.25) is 9.36 Å². The molecule has 7 heteroatoms. The predicted molar refractivity (Wildman–Crippen MR) is 81.3 cm³/mol. The lowest BCUT2D eigenvalue weighted by atomic mass is 10.1. The van der Waals surface area contributed by atoms with Crippen LogP contribution in [0.4, 0.5) is 5.82 Å². The van der Waals surface area contributed by atoms with E-state index in [2.05, 4.69) is 33.1 Å². The summed E-state index contributed by atoms with van der Waals surface area (Å²) in [6.07, 6.45) is 2.23. The quantitative estimate of drug-likeness (QED) is 0.868. The van der Waals surface area contributed by atoms with Crippen molar-refractivity contribution in [1.82, 2.24) is 19.6 Å². The second kappa shape index (κ2) is 5.97. The summed E-state index contributed by atoms with van der Waals surface area (Å²) in [6.45, 7) is 4.86. The highest BCUT2D eigenvalue weighted by Crippen LogP contribution is 2.29. The minimum absolute atomic E-state index is 0.456. The number of rotatable bonds is 5. The fourth-order valence-electron chi connectivity index (χ4n) is 2.23. The SMILES string of the molecule is CCc1nn(CC)c(CC(O)c2cnn(C)c2N)c1Br. The van der Waals surface area contributed by atoms with E-state index in [1.54, 1.807) is 17.9 Å². The third-order valence-corrected chi connectivity index (χ3v) is 4.37. The van der Waals surface area contributed by atoms with Gasteiger partial charge in [0.05, 0.1) is 28.2 Å². The lowest BCUT2D eigenvalue weighted by Gasteiger charge is -2.12. The van der Waals surface area contributed by atoms with Crippen LogP contribution >= 0.6 is 15.9 Å². The molecule has 0 bridgehead atoms. The van der Waals surface area contributed by atoms with Gasteiger partial charge in [-0.25, -0.2) is 0 Å². The second-order valence-electron chi connectivity index (χ2n) is 4.71. The van der Waals surface area contributed by atoms with Gasteiger partial charge in [0.1, 0.15) is 5.82 Å². The summed E-state index contributed by atoms with van der Waals surface area (Å²) in [6, 6.07) is 0. The molecule has 6 nitrogen and oxygen atoms in total. The number of nitrogens with two attached hydrogens (primary N) is 1. The standard InChI is InChI=1S/C13H20BrN5O/c1-4-9-12(14)10(19(5-2)17-9)6-11(20)8-7-16-18(3)13(8)15/h7,11,20H,4-6,15H2,1-3H3. The number of aromatic nitrogens is 4. The van der Waals surface area contributed by atoms with Gasteiger partial charge in [-0.05, 0) is 29.3 Å². The first-order valence-electron chi connectivity index (χ1n) is 6.69. The summed E-state index contributed by atoms with van der Waals surface area (Å²) in [5, 5.41) is 19.0. The molecule has 0 aromatic carbocycles. The van der Waals surface area contributed by atoms with Gasteiger partial charge in [0.15, 0.2) is 0 Å². The summed E-state index contributed by atoms with van der Waals surface area (Å²) in [7, 11) is 1.76. The summed E-state index contributed by atoms with van der Waals surface area (Å²) in [5.74, 6) is 0.493. The van der Waals surface area contributed by atoms with Crippen molar-refractivity contribution in [2.45, 2.75) is 39.3 Å². The van der Waals surface area contributed by atoms with Crippen molar-refractivity contribution >= 4 is 21.7 Å². The number of aryl methyl sites for hydroxylation is 3. The first-order chi connectivity index (χ1) is 9.49. The Labute approximate surface area is 126 Å². The number of aliphatic hydroxyl groups excluding tert-OH is 1. The van der Waals surface area contributed by atoms with Crippen molar-refractivity contribution in [2.24, 2.45) is 7.05 Å². The van der Waals surface area contributed by atoms with E-state index in [1.165, 1.54) is 0 Å². The molecule has 0 spiro atoms. The number of hydrogen-bond donors (Lipinski definition) is 2. The second-order valence-corrected chi connectivity index (χ2v) is 5.50. The zero-order valence-corrected chi connectivity index (χ0v) is 13.6. The Bertz CT molecular complexity index is 604. The lowest BCUT2D eigenvalue weighted by Crippen LogP contribution is -2.10. The fourth-order valence-corrected chi connectivity index (χ4v) is 2.95. The third kappa shape index (κ3) is 2.60. The van der Waals surface area contributed by atoms with Crippen molar-refractivity contribution in [1.29, 1.82) is 0 Å². The number of hydrogen-bond acceptors (Lipinski definition) is 4. The first kappa shape index (κ1) is 15.1. The molecule has 2 aromatic rings. The molecule has 0 aliphatic carbocycles. The van der Waals surface area contributed by atoms with Crippen LogP contribution in [0.3, 0.4) is 0 Å². The van der Waals surface area contributed by atoms with E-state index >= 15 is 0 Å². The van der Waals surface area contributed by atoms with Crippen LogP contribution in [0.2, 0.25) is 0 Å². The van der Waals surface area contributed by atoms with Crippen molar-refractivity contribution < 1.29 is 5.11 Å². The summed E-state index contributed by atoms with van der Waals surface area (Å²) >= 11 is 3.58. The fraction of sp³-hybridized carbons (Fsp3) is 0.538. The molecule has 2 heterocycles. The zero-order chi connectivity index (χ0) is 14.9.